The van der Waals surface area contributed by atoms with Gasteiger partial charge in [0.2, 0.25) is 0 Å². The lowest BCUT2D eigenvalue weighted by Gasteiger charge is -2.29. The smallest absolute Gasteiger partial charge is 0.341 e. The standard InChI is InChI=1S/C35H36N6O3/c1-4-32-27-13-5-6-14-33(27)44-16-15-40(32)21-23-9-7-10-24(17-23)25-11-8-12-26(18-25)41-34(30(20-36-41)35(42)43-3)29-19-28(29)31-22-39(2)38-37-31/h5-14,17-18,20,22,28-29,32H,4,15-16,19,21H2,1-3H3/t28-,29?,32?/m0/s1. The number of nitrogens with zero attached hydrogens (tertiary/aromatic N) is 6. The van der Waals surface area contributed by atoms with Gasteiger partial charge in [-0.1, -0.05) is 60.7 Å². The van der Waals surface area contributed by atoms with Crippen LogP contribution in [0.3, 0.4) is 0 Å². The number of esters is 1. The Labute approximate surface area is 257 Å². The van der Waals surface area contributed by atoms with E-state index in [1.807, 2.05) is 36.1 Å². The van der Waals surface area contributed by atoms with E-state index >= 15 is 0 Å². The molecule has 1 saturated carbocycles. The summed E-state index contributed by atoms with van der Waals surface area (Å²) >= 11 is 0. The molecule has 0 bridgehead atoms. The van der Waals surface area contributed by atoms with Crippen molar-refractivity contribution in [1.82, 2.24) is 29.7 Å². The summed E-state index contributed by atoms with van der Waals surface area (Å²) in [6, 6.07) is 25.8. The number of methoxy groups -OCH3 is 1. The first-order valence-electron chi connectivity index (χ1n) is 15.2. The number of aryl methyl sites for hydroxylation is 1. The molecule has 0 amide bonds. The first kappa shape index (κ1) is 28.0. The van der Waals surface area contributed by atoms with Gasteiger partial charge in [0.05, 0.1) is 30.4 Å². The number of aromatic nitrogens is 5. The average Bonchev–Trinajstić information content (AvgIpc) is 3.58. The molecule has 5 aromatic rings. The minimum Gasteiger partial charge on any atom is -0.492 e. The molecule has 1 aliphatic carbocycles. The van der Waals surface area contributed by atoms with E-state index in [2.05, 4.69) is 81.8 Å². The van der Waals surface area contributed by atoms with Gasteiger partial charge in [-0.05, 0) is 53.8 Å². The van der Waals surface area contributed by atoms with Crippen molar-refractivity contribution in [2.75, 3.05) is 20.3 Å². The molecule has 9 heteroatoms. The zero-order chi connectivity index (χ0) is 30.2. The number of hydrogen-bond donors (Lipinski definition) is 0. The van der Waals surface area contributed by atoms with Crippen LogP contribution >= 0.6 is 0 Å². The van der Waals surface area contributed by atoms with Gasteiger partial charge in [-0.15, -0.1) is 5.10 Å². The van der Waals surface area contributed by atoms with Crippen molar-refractivity contribution >= 4 is 5.97 Å². The predicted octanol–water partition coefficient (Wildman–Crippen LogP) is 6.07. The molecule has 224 valence electrons. The van der Waals surface area contributed by atoms with E-state index in [9.17, 15) is 4.79 Å². The second-order valence-corrected chi connectivity index (χ2v) is 11.6. The SMILES string of the molecule is CCC1c2ccccc2OCCN1Cc1cccc(-c2cccc(-n3ncc(C(=O)OC)c3C3C[C@@H]3c3cn(C)nn3)c2)c1. The Morgan fingerprint density at radius 3 is 2.64 bits per heavy atom. The van der Waals surface area contributed by atoms with Crippen molar-refractivity contribution in [2.45, 2.75) is 44.2 Å². The Morgan fingerprint density at radius 1 is 1.02 bits per heavy atom. The van der Waals surface area contributed by atoms with Crippen LogP contribution in [-0.2, 0) is 18.3 Å². The van der Waals surface area contributed by atoms with Crippen molar-refractivity contribution in [3.8, 4) is 22.6 Å². The third kappa shape index (κ3) is 5.28. The maximum Gasteiger partial charge on any atom is 0.341 e. The van der Waals surface area contributed by atoms with Gasteiger partial charge in [-0.3, -0.25) is 9.58 Å². The molecule has 1 fully saturated rings. The summed E-state index contributed by atoms with van der Waals surface area (Å²) in [4.78, 5) is 15.3. The van der Waals surface area contributed by atoms with E-state index < -0.39 is 0 Å². The van der Waals surface area contributed by atoms with E-state index in [-0.39, 0.29) is 17.8 Å². The third-order valence-corrected chi connectivity index (χ3v) is 8.83. The zero-order valence-electron chi connectivity index (χ0n) is 25.3. The number of para-hydroxylation sites is 1. The summed E-state index contributed by atoms with van der Waals surface area (Å²) in [5.74, 6) is 0.900. The van der Waals surface area contributed by atoms with Gasteiger partial charge in [0.1, 0.15) is 17.9 Å². The zero-order valence-corrected chi connectivity index (χ0v) is 25.3. The number of carbonyl (C=O) groups is 1. The summed E-state index contributed by atoms with van der Waals surface area (Å²) in [5, 5.41) is 13.1. The molecule has 3 aromatic carbocycles. The molecule has 2 aromatic heterocycles. The second kappa shape index (κ2) is 11.7. The molecule has 1 aliphatic heterocycles. The number of ether oxygens (including phenoxy) is 2. The minimum absolute atomic E-state index is 0.101. The minimum atomic E-state index is -0.383. The molecule has 0 saturated heterocycles. The number of benzene rings is 3. The molecular formula is C35H36N6O3. The topological polar surface area (TPSA) is 87.3 Å². The highest BCUT2D eigenvalue weighted by molar-refractivity contribution is 5.91. The number of fused-ring (bicyclic) bond motifs is 1. The fraction of sp³-hybridized carbons (Fsp3) is 0.314. The third-order valence-electron chi connectivity index (χ3n) is 8.83. The summed E-state index contributed by atoms with van der Waals surface area (Å²) in [6.45, 7) is 4.62. The lowest BCUT2D eigenvalue weighted by Crippen LogP contribution is -2.29. The Hall–Kier alpha value is -4.76. The summed E-state index contributed by atoms with van der Waals surface area (Å²) in [5.41, 5.74) is 7.90. The number of rotatable bonds is 8. The first-order valence-corrected chi connectivity index (χ1v) is 15.2. The maximum atomic E-state index is 12.8. The number of carbonyl (C=O) groups excluding carboxylic acids is 1. The predicted molar refractivity (Wildman–Crippen MR) is 167 cm³/mol. The summed E-state index contributed by atoms with van der Waals surface area (Å²) < 4.78 is 14.8. The normalized spacial score (nSPS) is 19.6. The molecular weight excluding hydrogens is 552 g/mol. The highest BCUT2D eigenvalue weighted by atomic mass is 16.5. The molecule has 3 heterocycles. The molecule has 0 spiro atoms. The Bertz CT molecular complexity index is 1810. The molecule has 3 atom stereocenters. The molecule has 0 N–H and O–H groups in total. The van der Waals surface area contributed by atoms with E-state index in [0.717, 1.165) is 59.9 Å². The van der Waals surface area contributed by atoms with Crippen LogP contribution < -0.4 is 4.74 Å². The van der Waals surface area contributed by atoms with Crippen molar-refractivity contribution < 1.29 is 14.3 Å². The van der Waals surface area contributed by atoms with Crippen LogP contribution in [0.2, 0.25) is 0 Å². The molecule has 7 rings (SSSR count). The van der Waals surface area contributed by atoms with Crippen molar-refractivity contribution in [3.63, 3.8) is 0 Å². The van der Waals surface area contributed by atoms with Crippen molar-refractivity contribution in [3.05, 3.63) is 113 Å². The maximum absolute atomic E-state index is 12.8. The lowest BCUT2D eigenvalue weighted by molar-refractivity contribution is 0.0599. The van der Waals surface area contributed by atoms with Crippen molar-refractivity contribution in [1.29, 1.82) is 0 Å². The lowest BCUT2D eigenvalue weighted by atomic mass is 9.99. The van der Waals surface area contributed by atoms with Gasteiger partial charge in [-0.25, -0.2) is 9.48 Å². The molecule has 0 radical (unpaired) electrons. The number of hydrogen-bond acceptors (Lipinski definition) is 7. The fourth-order valence-corrected chi connectivity index (χ4v) is 6.63. The van der Waals surface area contributed by atoms with Crippen LogP contribution in [0, 0.1) is 0 Å². The van der Waals surface area contributed by atoms with Crippen LogP contribution in [0.1, 0.15) is 70.5 Å². The molecule has 2 unspecified atom stereocenters. The van der Waals surface area contributed by atoms with Gasteiger partial charge in [0, 0.05) is 49.8 Å². The van der Waals surface area contributed by atoms with Gasteiger partial charge in [0.15, 0.2) is 0 Å². The van der Waals surface area contributed by atoms with E-state index in [1.165, 1.54) is 18.2 Å². The Balaban J connectivity index is 1.18. The van der Waals surface area contributed by atoms with Gasteiger partial charge < -0.3 is 9.47 Å². The molecule has 44 heavy (non-hydrogen) atoms. The van der Waals surface area contributed by atoms with Gasteiger partial charge >= 0.3 is 5.97 Å². The van der Waals surface area contributed by atoms with E-state index in [0.29, 0.717) is 18.2 Å². The largest absolute Gasteiger partial charge is 0.492 e. The quantitative estimate of drug-likeness (QED) is 0.203. The first-order chi connectivity index (χ1) is 21.5. The average molecular weight is 589 g/mol. The van der Waals surface area contributed by atoms with Crippen LogP contribution in [0.25, 0.3) is 16.8 Å². The van der Waals surface area contributed by atoms with Crippen LogP contribution in [-0.4, -0.2) is 55.9 Å². The fourth-order valence-electron chi connectivity index (χ4n) is 6.63. The van der Waals surface area contributed by atoms with Gasteiger partial charge in [-0.2, -0.15) is 5.10 Å². The molecule has 9 nitrogen and oxygen atoms in total. The molecule has 2 aliphatic rings. The summed E-state index contributed by atoms with van der Waals surface area (Å²) in [7, 11) is 3.27. The monoisotopic (exact) mass is 588 g/mol. The van der Waals surface area contributed by atoms with Gasteiger partial charge in [0.25, 0.3) is 0 Å². The highest BCUT2D eigenvalue weighted by Crippen LogP contribution is 2.55. The Kier molecular flexibility index (Phi) is 7.47. The Morgan fingerprint density at radius 2 is 1.84 bits per heavy atom. The second-order valence-electron chi connectivity index (χ2n) is 11.6. The van der Waals surface area contributed by atoms with E-state index in [1.54, 1.807) is 10.9 Å². The van der Waals surface area contributed by atoms with Crippen molar-refractivity contribution in [2.24, 2.45) is 7.05 Å². The van der Waals surface area contributed by atoms with Crippen LogP contribution in [0.4, 0.5) is 0 Å². The summed E-state index contributed by atoms with van der Waals surface area (Å²) in [6.07, 6.45) is 5.45. The van der Waals surface area contributed by atoms with Crippen LogP contribution in [0.15, 0.2) is 85.2 Å². The van der Waals surface area contributed by atoms with Crippen LogP contribution in [0.5, 0.6) is 5.75 Å². The highest BCUT2D eigenvalue weighted by Gasteiger charge is 2.46. The van der Waals surface area contributed by atoms with E-state index in [4.69, 9.17) is 9.47 Å².